The molecular formula is C14H26O2. The van der Waals surface area contributed by atoms with E-state index in [4.69, 9.17) is 0 Å². The summed E-state index contributed by atoms with van der Waals surface area (Å²) in [7, 11) is 0. The highest BCUT2D eigenvalue weighted by molar-refractivity contribution is 6.25. The van der Waals surface area contributed by atoms with Crippen molar-refractivity contribution in [2.45, 2.75) is 71.6 Å². The Morgan fingerprint density at radius 3 is 2.12 bits per heavy atom. The topological polar surface area (TPSA) is 34.1 Å². The van der Waals surface area contributed by atoms with Crippen LogP contribution in [0, 0.1) is 5.92 Å². The van der Waals surface area contributed by atoms with E-state index in [2.05, 4.69) is 13.8 Å². The fourth-order valence-corrected chi connectivity index (χ4v) is 2.04. The van der Waals surface area contributed by atoms with Gasteiger partial charge in [-0.3, -0.25) is 9.59 Å². The van der Waals surface area contributed by atoms with Gasteiger partial charge in [0.1, 0.15) is 0 Å². The SMILES string of the molecule is CCCCCCCCC(CCC)C(=O)C=O. The van der Waals surface area contributed by atoms with Crippen molar-refractivity contribution in [1.29, 1.82) is 0 Å². The predicted molar refractivity (Wildman–Crippen MR) is 67.5 cm³/mol. The number of Topliss-reactive ketones (excluding diaryl/α,β-unsaturated/α-hetero) is 1. The maximum atomic E-state index is 11.3. The van der Waals surface area contributed by atoms with Gasteiger partial charge in [-0.2, -0.15) is 0 Å². The zero-order valence-electron chi connectivity index (χ0n) is 10.8. The van der Waals surface area contributed by atoms with Crippen molar-refractivity contribution in [2.75, 3.05) is 0 Å². The molecule has 0 N–H and O–H groups in total. The van der Waals surface area contributed by atoms with E-state index in [1.54, 1.807) is 0 Å². The molecule has 0 aliphatic heterocycles. The highest BCUT2D eigenvalue weighted by atomic mass is 16.2. The molecular weight excluding hydrogens is 200 g/mol. The van der Waals surface area contributed by atoms with E-state index in [9.17, 15) is 9.59 Å². The number of hydrogen-bond donors (Lipinski definition) is 0. The highest BCUT2D eigenvalue weighted by Gasteiger charge is 2.15. The van der Waals surface area contributed by atoms with Crippen molar-refractivity contribution in [3.8, 4) is 0 Å². The molecule has 0 rings (SSSR count). The molecule has 0 bridgehead atoms. The normalized spacial score (nSPS) is 12.4. The lowest BCUT2D eigenvalue weighted by Gasteiger charge is -2.11. The minimum absolute atomic E-state index is 0.00586. The molecule has 0 aromatic heterocycles. The van der Waals surface area contributed by atoms with Gasteiger partial charge in [0, 0.05) is 5.92 Å². The average Bonchev–Trinajstić information content (AvgIpc) is 2.31. The van der Waals surface area contributed by atoms with Gasteiger partial charge >= 0.3 is 0 Å². The molecule has 2 nitrogen and oxygen atoms in total. The number of rotatable bonds is 11. The molecule has 0 amide bonds. The quantitative estimate of drug-likeness (QED) is 0.304. The number of hydrogen-bond acceptors (Lipinski definition) is 2. The third-order valence-corrected chi connectivity index (χ3v) is 3.06. The van der Waals surface area contributed by atoms with Gasteiger partial charge in [-0.25, -0.2) is 0 Å². The van der Waals surface area contributed by atoms with Crippen molar-refractivity contribution in [2.24, 2.45) is 5.92 Å². The summed E-state index contributed by atoms with van der Waals surface area (Å²) in [5.41, 5.74) is 0. The Balaban J connectivity index is 3.60. The Labute approximate surface area is 99.8 Å². The second kappa shape index (κ2) is 10.8. The van der Waals surface area contributed by atoms with E-state index in [0.29, 0.717) is 6.29 Å². The standard InChI is InChI=1S/C14H26O2/c1-3-5-6-7-8-9-11-13(10-4-2)14(16)12-15/h12-13H,3-11H2,1-2H3. The molecule has 0 heterocycles. The van der Waals surface area contributed by atoms with Gasteiger partial charge in [-0.05, 0) is 12.8 Å². The van der Waals surface area contributed by atoms with E-state index in [-0.39, 0.29) is 11.7 Å². The first kappa shape index (κ1) is 15.3. The summed E-state index contributed by atoms with van der Waals surface area (Å²) in [6.07, 6.45) is 10.7. The van der Waals surface area contributed by atoms with Crippen molar-refractivity contribution in [3.63, 3.8) is 0 Å². The van der Waals surface area contributed by atoms with Crippen LogP contribution in [-0.2, 0) is 9.59 Å². The van der Waals surface area contributed by atoms with Gasteiger partial charge in [0.2, 0.25) is 0 Å². The Bertz CT molecular complexity index is 187. The summed E-state index contributed by atoms with van der Waals surface area (Å²) in [4.78, 5) is 21.7. The van der Waals surface area contributed by atoms with Crippen molar-refractivity contribution >= 4 is 12.1 Å². The Hall–Kier alpha value is -0.660. The van der Waals surface area contributed by atoms with E-state index in [1.807, 2.05) is 0 Å². The number of unbranched alkanes of at least 4 members (excludes halogenated alkanes) is 5. The van der Waals surface area contributed by atoms with Crippen LogP contribution in [0.1, 0.15) is 71.6 Å². The molecule has 1 unspecified atom stereocenters. The zero-order chi connectivity index (χ0) is 12.2. The van der Waals surface area contributed by atoms with Gasteiger partial charge in [0.15, 0.2) is 12.1 Å². The molecule has 0 radical (unpaired) electrons. The van der Waals surface area contributed by atoms with Crippen molar-refractivity contribution in [3.05, 3.63) is 0 Å². The number of ketones is 1. The molecule has 1 atom stereocenters. The second-order valence-corrected chi connectivity index (χ2v) is 4.56. The largest absolute Gasteiger partial charge is 0.295 e. The molecule has 0 fully saturated rings. The van der Waals surface area contributed by atoms with Crippen molar-refractivity contribution in [1.82, 2.24) is 0 Å². The molecule has 2 heteroatoms. The zero-order valence-corrected chi connectivity index (χ0v) is 10.8. The predicted octanol–water partition coefficient (Wildman–Crippen LogP) is 3.92. The van der Waals surface area contributed by atoms with Gasteiger partial charge in [0.05, 0.1) is 0 Å². The van der Waals surface area contributed by atoms with Crippen LogP contribution < -0.4 is 0 Å². The van der Waals surface area contributed by atoms with Gasteiger partial charge < -0.3 is 0 Å². The molecule has 0 saturated carbocycles. The minimum atomic E-state index is -0.199. The van der Waals surface area contributed by atoms with Crippen LogP contribution in [0.4, 0.5) is 0 Å². The van der Waals surface area contributed by atoms with Crippen LogP contribution in [0.25, 0.3) is 0 Å². The molecule has 94 valence electrons. The fourth-order valence-electron chi connectivity index (χ4n) is 2.04. The van der Waals surface area contributed by atoms with Crippen LogP contribution in [-0.4, -0.2) is 12.1 Å². The first-order valence-corrected chi connectivity index (χ1v) is 6.75. The van der Waals surface area contributed by atoms with Gasteiger partial charge in [-0.15, -0.1) is 0 Å². The maximum Gasteiger partial charge on any atom is 0.198 e. The Morgan fingerprint density at radius 2 is 1.56 bits per heavy atom. The van der Waals surface area contributed by atoms with E-state index in [0.717, 1.165) is 25.7 Å². The lowest BCUT2D eigenvalue weighted by atomic mass is 9.92. The highest BCUT2D eigenvalue weighted by Crippen LogP contribution is 2.17. The first-order chi connectivity index (χ1) is 7.76. The lowest BCUT2D eigenvalue weighted by molar-refractivity contribution is -0.132. The summed E-state index contributed by atoms with van der Waals surface area (Å²) < 4.78 is 0. The number of aldehydes is 1. The molecule has 0 aliphatic rings. The third-order valence-electron chi connectivity index (χ3n) is 3.06. The molecule has 0 saturated heterocycles. The number of carbonyl (C=O) groups is 2. The summed E-state index contributed by atoms with van der Waals surface area (Å²) >= 11 is 0. The fraction of sp³-hybridized carbons (Fsp3) is 0.857. The third kappa shape index (κ3) is 7.61. The summed E-state index contributed by atoms with van der Waals surface area (Å²) in [6, 6.07) is 0. The molecule has 0 spiro atoms. The monoisotopic (exact) mass is 226 g/mol. The molecule has 16 heavy (non-hydrogen) atoms. The van der Waals surface area contributed by atoms with Crippen LogP contribution >= 0.6 is 0 Å². The van der Waals surface area contributed by atoms with Crippen LogP contribution in [0.2, 0.25) is 0 Å². The second-order valence-electron chi connectivity index (χ2n) is 4.56. The van der Waals surface area contributed by atoms with Crippen molar-refractivity contribution < 1.29 is 9.59 Å². The molecule has 0 aliphatic carbocycles. The van der Waals surface area contributed by atoms with Crippen LogP contribution in [0.5, 0.6) is 0 Å². The Kier molecular flexibility index (Phi) is 10.4. The van der Waals surface area contributed by atoms with Crippen LogP contribution in [0.3, 0.4) is 0 Å². The van der Waals surface area contributed by atoms with E-state index >= 15 is 0 Å². The minimum Gasteiger partial charge on any atom is -0.295 e. The van der Waals surface area contributed by atoms with Crippen LogP contribution in [0.15, 0.2) is 0 Å². The number of carbonyl (C=O) groups excluding carboxylic acids is 2. The maximum absolute atomic E-state index is 11.3. The summed E-state index contributed by atoms with van der Waals surface area (Å²) in [5, 5.41) is 0. The summed E-state index contributed by atoms with van der Waals surface area (Å²) in [5.74, 6) is -0.205. The lowest BCUT2D eigenvalue weighted by Crippen LogP contribution is -2.15. The van der Waals surface area contributed by atoms with Gasteiger partial charge in [0.25, 0.3) is 0 Å². The van der Waals surface area contributed by atoms with E-state index < -0.39 is 0 Å². The average molecular weight is 226 g/mol. The smallest absolute Gasteiger partial charge is 0.198 e. The molecule has 0 aromatic rings. The van der Waals surface area contributed by atoms with Gasteiger partial charge in [-0.1, -0.05) is 58.8 Å². The first-order valence-electron chi connectivity index (χ1n) is 6.75. The summed E-state index contributed by atoms with van der Waals surface area (Å²) in [6.45, 7) is 4.27. The molecule has 0 aromatic carbocycles. The van der Waals surface area contributed by atoms with E-state index in [1.165, 1.54) is 32.1 Å². The Morgan fingerprint density at radius 1 is 0.938 bits per heavy atom.